The topological polar surface area (TPSA) is 87.7 Å². The van der Waals surface area contributed by atoms with Crippen LogP contribution < -0.4 is 15.4 Å². The Morgan fingerprint density at radius 3 is 2.60 bits per heavy atom. The summed E-state index contributed by atoms with van der Waals surface area (Å²) in [6.45, 7) is 2.62. The van der Waals surface area contributed by atoms with Gasteiger partial charge in [-0.15, -0.1) is 0 Å². The summed E-state index contributed by atoms with van der Waals surface area (Å²) in [7, 11) is 1.34. The molecule has 110 valence electrons. The number of benzene rings is 1. The first kappa shape index (κ1) is 15.7. The predicted octanol–water partition coefficient (Wildman–Crippen LogP) is 1.50. The molecule has 1 rings (SSSR count). The van der Waals surface area contributed by atoms with E-state index >= 15 is 0 Å². The molecule has 0 aliphatic carbocycles. The molecule has 0 saturated heterocycles. The van der Waals surface area contributed by atoms with Gasteiger partial charge in [0.15, 0.2) is 11.6 Å². The van der Waals surface area contributed by atoms with Crippen LogP contribution in [0.1, 0.15) is 19.4 Å². The van der Waals surface area contributed by atoms with Crippen LogP contribution in [0, 0.1) is 5.82 Å². The number of hydrogen-bond acceptors (Lipinski definition) is 3. The lowest BCUT2D eigenvalue weighted by Gasteiger charge is -2.21. The number of halogens is 1. The van der Waals surface area contributed by atoms with Crippen LogP contribution in [0.4, 0.5) is 9.18 Å². The highest BCUT2D eigenvalue weighted by Crippen LogP contribution is 2.19. The largest absolute Gasteiger partial charge is 0.494 e. The number of ether oxygens (including phenoxy) is 1. The lowest BCUT2D eigenvalue weighted by atomic mass is 10.1. The van der Waals surface area contributed by atoms with E-state index in [0.717, 1.165) is 0 Å². The molecule has 7 heteroatoms. The van der Waals surface area contributed by atoms with Gasteiger partial charge in [0.1, 0.15) is 5.54 Å². The Bertz CT molecular complexity index is 517. The van der Waals surface area contributed by atoms with Crippen molar-refractivity contribution in [2.45, 2.75) is 25.9 Å². The number of nitrogens with one attached hydrogen (secondary N) is 2. The molecule has 0 radical (unpaired) electrons. The first-order valence-electron chi connectivity index (χ1n) is 5.88. The number of aliphatic carboxylic acids is 1. The second-order valence-corrected chi connectivity index (χ2v) is 4.67. The van der Waals surface area contributed by atoms with Crippen LogP contribution in [0.25, 0.3) is 0 Å². The maximum Gasteiger partial charge on any atom is 0.328 e. The average Bonchev–Trinajstić information content (AvgIpc) is 2.36. The molecular weight excluding hydrogens is 267 g/mol. The lowest BCUT2D eigenvalue weighted by molar-refractivity contribution is -0.142. The highest BCUT2D eigenvalue weighted by atomic mass is 19.1. The molecular formula is C13H17FN2O4. The van der Waals surface area contributed by atoms with Crippen LogP contribution in [0.2, 0.25) is 0 Å². The molecule has 0 bridgehead atoms. The van der Waals surface area contributed by atoms with E-state index in [2.05, 4.69) is 10.6 Å². The minimum absolute atomic E-state index is 0.0788. The molecule has 0 saturated carbocycles. The Labute approximate surface area is 115 Å². The number of amides is 2. The summed E-state index contributed by atoms with van der Waals surface area (Å²) in [5.41, 5.74) is -1.16. The molecule has 1 aromatic carbocycles. The van der Waals surface area contributed by atoms with Gasteiger partial charge in [0, 0.05) is 12.1 Å². The number of carboxylic acids is 1. The highest BCUT2D eigenvalue weighted by Gasteiger charge is 2.28. The number of carbonyl (C=O) groups is 2. The third kappa shape index (κ3) is 3.84. The Morgan fingerprint density at radius 1 is 1.40 bits per heavy atom. The SMILES string of the molecule is COc1cccc(CNC(=O)NC(C)(C)C(=O)O)c1F. The number of carbonyl (C=O) groups excluding carboxylic acids is 1. The third-order valence-corrected chi connectivity index (χ3v) is 2.66. The van der Waals surface area contributed by atoms with Gasteiger partial charge >= 0.3 is 12.0 Å². The molecule has 0 unspecified atom stereocenters. The maximum atomic E-state index is 13.8. The fourth-order valence-electron chi connectivity index (χ4n) is 1.41. The Morgan fingerprint density at radius 2 is 2.05 bits per heavy atom. The average molecular weight is 284 g/mol. The molecule has 2 amide bonds. The van der Waals surface area contributed by atoms with Gasteiger partial charge in [-0.2, -0.15) is 0 Å². The summed E-state index contributed by atoms with van der Waals surface area (Å²) in [6, 6.07) is 3.87. The molecule has 0 aromatic heterocycles. The van der Waals surface area contributed by atoms with Crippen molar-refractivity contribution in [3.05, 3.63) is 29.6 Å². The van der Waals surface area contributed by atoms with Gasteiger partial charge in [0.2, 0.25) is 0 Å². The standard InChI is InChI=1S/C13H17FN2O4/c1-13(2,11(17)18)16-12(19)15-7-8-5-4-6-9(20-3)10(8)14/h4-6H,7H2,1-3H3,(H,17,18)(H2,15,16,19). The Balaban J connectivity index is 2.64. The van der Waals surface area contributed by atoms with E-state index in [1.54, 1.807) is 6.07 Å². The zero-order chi connectivity index (χ0) is 15.3. The molecule has 3 N–H and O–H groups in total. The molecule has 1 aromatic rings. The van der Waals surface area contributed by atoms with Gasteiger partial charge in [-0.05, 0) is 19.9 Å². The molecule has 0 spiro atoms. The summed E-state index contributed by atoms with van der Waals surface area (Å²) < 4.78 is 18.6. The van der Waals surface area contributed by atoms with Crippen molar-refractivity contribution in [3.8, 4) is 5.75 Å². The van der Waals surface area contributed by atoms with Gasteiger partial charge in [0.25, 0.3) is 0 Å². The summed E-state index contributed by atoms with van der Waals surface area (Å²) in [4.78, 5) is 22.4. The van der Waals surface area contributed by atoms with Gasteiger partial charge in [-0.1, -0.05) is 12.1 Å². The van der Waals surface area contributed by atoms with Gasteiger partial charge in [-0.3, -0.25) is 0 Å². The van der Waals surface area contributed by atoms with Crippen molar-refractivity contribution >= 4 is 12.0 Å². The summed E-state index contributed by atoms with van der Waals surface area (Å²) in [6.07, 6.45) is 0. The van der Waals surface area contributed by atoms with E-state index in [9.17, 15) is 14.0 Å². The first-order valence-corrected chi connectivity index (χ1v) is 5.88. The van der Waals surface area contributed by atoms with Crippen LogP contribution >= 0.6 is 0 Å². The van der Waals surface area contributed by atoms with E-state index in [1.807, 2.05) is 0 Å². The van der Waals surface area contributed by atoms with Crippen LogP contribution in [-0.2, 0) is 11.3 Å². The van der Waals surface area contributed by atoms with Crippen molar-refractivity contribution in [2.24, 2.45) is 0 Å². The number of methoxy groups -OCH3 is 1. The maximum absolute atomic E-state index is 13.8. The predicted molar refractivity (Wildman–Crippen MR) is 70.0 cm³/mol. The summed E-state index contributed by atoms with van der Waals surface area (Å²) >= 11 is 0. The normalized spacial score (nSPS) is 10.8. The van der Waals surface area contributed by atoms with Crippen molar-refractivity contribution in [1.29, 1.82) is 0 Å². The number of hydrogen-bond donors (Lipinski definition) is 3. The molecule has 0 atom stereocenters. The molecule has 0 heterocycles. The van der Waals surface area contributed by atoms with Crippen molar-refractivity contribution < 1.29 is 23.8 Å². The van der Waals surface area contributed by atoms with Crippen LogP contribution in [-0.4, -0.2) is 29.8 Å². The van der Waals surface area contributed by atoms with Gasteiger partial charge in [0.05, 0.1) is 7.11 Å². The summed E-state index contributed by atoms with van der Waals surface area (Å²) in [5, 5.41) is 13.5. The lowest BCUT2D eigenvalue weighted by Crippen LogP contribution is -2.53. The van der Waals surface area contributed by atoms with Gasteiger partial charge < -0.3 is 20.5 Å². The number of urea groups is 1. The molecule has 6 nitrogen and oxygen atoms in total. The van der Waals surface area contributed by atoms with E-state index in [-0.39, 0.29) is 17.9 Å². The van der Waals surface area contributed by atoms with E-state index in [1.165, 1.54) is 33.1 Å². The van der Waals surface area contributed by atoms with Gasteiger partial charge in [-0.25, -0.2) is 14.0 Å². The smallest absolute Gasteiger partial charge is 0.328 e. The minimum Gasteiger partial charge on any atom is -0.494 e. The van der Waals surface area contributed by atoms with E-state index in [0.29, 0.717) is 0 Å². The van der Waals surface area contributed by atoms with Crippen LogP contribution in [0.5, 0.6) is 5.75 Å². The van der Waals surface area contributed by atoms with Crippen molar-refractivity contribution in [2.75, 3.05) is 7.11 Å². The fourth-order valence-corrected chi connectivity index (χ4v) is 1.41. The fraction of sp³-hybridized carbons (Fsp3) is 0.385. The monoisotopic (exact) mass is 284 g/mol. The molecule has 20 heavy (non-hydrogen) atoms. The molecule has 0 aliphatic rings. The van der Waals surface area contributed by atoms with Crippen LogP contribution in [0.15, 0.2) is 18.2 Å². The number of carboxylic acid groups (broad SMARTS) is 1. The first-order chi connectivity index (χ1) is 9.27. The van der Waals surface area contributed by atoms with Crippen molar-refractivity contribution in [1.82, 2.24) is 10.6 Å². The third-order valence-electron chi connectivity index (χ3n) is 2.66. The van der Waals surface area contributed by atoms with Crippen LogP contribution in [0.3, 0.4) is 0 Å². The van der Waals surface area contributed by atoms with E-state index in [4.69, 9.17) is 9.84 Å². The zero-order valence-corrected chi connectivity index (χ0v) is 11.5. The zero-order valence-electron chi connectivity index (χ0n) is 11.5. The Kier molecular flexibility index (Phi) is 4.90. The molecule has 0 fully saturated rings. The van der Waals surface area contributed by atoms with Crippen molar-refractivity contribution in [3.63, 3.8) is 0 Å². The Hall–Kier alpha value is -2.31. The summed E-state index contributed by atoms with van der Waals surface area (Å²) in [5.74, 6) is -1.65. The minimum atomic E-state index is -1.41. The van der Waals surface area contributed by atoms with E-state index < -0.39 is 23.4 Å². The highest BCUT2D eigenvalue weighted by molar-refractivity contribution is 5.85. The quantitative estimate of drug-likeness (QED) is 0.764. The molecule has 0 aliphatic heterocycles. The number of rotatable bonds is 5. The second kappa shape index (κ2) is 6.23. The second-order valence-electron chi connectivity index (χ2n) is 4.67.